The predicted molar refractivity (Wildman–Crippen MR) is 22.5 cm³/mol. The van der Waals surface area contributed by atoms with Crippen LogP contribution in [0.15, 0.2) is 0 Å². The summed E-state index contributed by atoms with van der Waals surface area (Å²) in [6.07, 6.45) is 0. The smallest absolute Gasteiger partial charge is 1.00 e. The number of hydrogen-bond acceptors (Lipinski definition) is 1. The Labute approximate surface area is 42.8 Å². The third-order valence-corrected chi connectivity index (χ3v) is 0. The van der Waals surface area contributed by atoms with Crippen molar-refractivity contribution in [2.75, 3.05) is 0 Å². The second-order valence-corrected chi connectivity index (χ2v) is 0. The molecule has 0 aromatic heterocycles. The highest BCUT2D eigenvalue weighted by atomic mass is 35.5. The average Bonchev–Trinajstić information content (AvgIpc) is 1.00. The molecule has 0 bridgehead atoms. The van der Waals surface area contributed by atoms with E-state index in [9.17, 15) is 0 Å². The molecule has 0 aliphatic carbocycles. The fourth-order valence-corrected chi connectivity index (χ4v) is 0. The van der Waals surface area contributed by atoms with E-state index in [1.165, 1.54) is 0 Å². The zero-order valence-corrected chi connectivity index (χ0v) is 5.94. The third-order valence-electron chi connectivity index (χ3n) is 0. The van der Waals surface area contributed by atoms with Gasteiger partial charge in [-0.05, 0) is 0 Å². The highest BCUT2D eigenvalue weighted by Crippen LogP contribution is 0.690. The summed E-state index contributed by atoms with van der Waals surface area (Å²) in [6, 6.07) is 0. The zero-order chi connectivity index (χ0) is 2.00. The Balaban J connectivity index is -0.00000000167. The van der Waals surface area contributed by atoms with Crippen LogP contribution in [0, 0.1) is 0 Å². The van der Waals surface area contributed by atoms with E-state index in [1.54, 1.807) is 0 Å². The summed E-state index contributed by atoms with van der Waals surface area (Å²) in [6.45, 7) is 0. The Hall–Kier alpha value is 0.757. The lowest BCUT2D eigenvalue weighted by atomic mass is 13.9. The summed E-state index contributed by atoms with van der Waals surface area (Å²) in [5.41, 5.74) is 0. The second-order valence-electron chi connectivity index (χ2n) is 0. The number of halogens is 2. The minimum atomic E-state index is 0. The van der Waals surface area contributed by atoms with Crippen LogP contribution in [0.3, 0.4) is 0 Å². The van der Waals surface area contributed by atoms with Crippen molar-refractivity contribution in [2.45, 2.75) is 0 Å². The number of nitrogens with two attached hydrogens (primary N) is 1. The van der Waals surface area contributed by atoms with Crippen molar-refractivity contribution < 1.29 is 13.8 Å². The van der Waals surface area contributed by atoms with Gasteiger partial charge >= 0.3 is 1.43 Å². The molecule has 30 valence electrons. The first-order valence-electron chi connectivity index (χ1n) is 0.577. The van der Waals surface area contributed by atoms with Crippen LogP contribution in [0.2, 0.25) is 0 Å². The molecule has 0 aliphatic heterocycles. The van der Waals surface area contributed by atoms with E-state index >= 15 is 0 Å². The van der Waals surface area contributed by atoms with E-state index < -0.39 is 0 Å². The summed E-state index contributed by atoms with van der Waals surface area (Å²) in [5.74, 6) is 0. The lowest BCUT2D eigenvalue weighted by Gasteiger charge is -1.17. The maximum atomic E-state index is 4.64. The largest absolute Gasteiger partial charge is 1.00 e. The Morgan fingerprint density at radius 2 is 1.50 bits per heavy atom. The number of rotatable bonds is 0. The van der Waals surface area contributed by atoms with Crippen LogP contribution >= 0.6 is 12.4 Å². The molecule has 0 unspecified atom stereocenters. The van der Waals surface area contributed by atoms with Crippen LogP contribution in [0.1, 0.15) is 1.43 Å². The second kappa shape index (κ2) is 49.8. The van der Waals surface area contributed by atoms with Crippen LogP contribution in [0.25, 0.3) is 0 Å². The molecule has 0 radical (unpaired) electrons. The van der Waals surface area contributed by atoms with Crippen LogP contribution in [0.4, 0.5) is 0 Å². The van der Waals surface area contributed by atoms with Gasteiger partial charge in [0, 0.05) is 0 Å². The summed E-state index contributed by atoms with van der Waals surface area (Å²) in [7, 11) is 0.806. The molecule has 0 amide bonds. The molecule has 0 spiro atoms. The minimum absolute atomic E-state index is 0. The van der Waals surface area contributed by atoms with Gasteiger partial charge < -0.3 is 17.8 Å². The third kappa shape index (κ3) is 14.9. The molecule has 0 fully saturated rings. The van der Waals surface area contributed by atoms with Crippen molar-refractivity contribution in [1.29, 1.82) is 0 Å². The summed E-state index contributed by atoms with van der Waals surface area (Å²) < 4.78 is 0. The fourth-order valence-electron chi connectivity index (χ4n) is 0. The monoisotopic (exact) mass is 119 g/mol. The zero-order valence-electron chi connectivity index (χ0n) is 3.36. The molecule has 0 aliphatic rings. The van der Waals surface area contributed by atoms with Gasteiger partial charge in [-0.1, -0.05) is 0 Å². The average molecular weight is 120 g/mol. The molecule has 0 rings (SSSR count). The summed E-state index contributed by atoms with van der Waals surface area (Å²) in [5, 5.41) is 4.64. The predicted octanol–water partition coefficient (Wildman–Crippen LogP) is -4.24. The molecule has 0 heterocycles. The summed E-state index contributed by atoms with van der Waals surface area (Å²) >= 11 is 0. The molecular formula is H7Cl2NSi. The summed E-state index contributed by atoms with van der Waals surface area (Å²) in [4.78, 5) is 0. The Morgan fingerprint density at radius 1 is 1.50 bits per heavy atom. The van der Waals surface area contributed by atoms with E-state index in [0.717, 1.165) is 10.4 Å². The molecule has 0 saturated carbocycles. The topological polar surface area (TPSA) is 26.0 Å². The van der Waals surface area contributed by atoms with E-state index in [-0.39, 0.29) is 26.2 Å². The van der Waals surface area contributed by atoms with Crippen molar-refractivity contribution in [2.24, 2.45) is 5.40 Å². The van der Waals surface area contributed by atoms with E-state index in [0.29, 0.717) is 0 Å². The van der Waals surface area contributed by atoms with E-state index in [1.807, 2.05) is 0 Å². The highest BCUT2D eigenvalue weighted by Gasteiger charge is 0.880. The van der Waals surface area contributed by atoms with Crippen molar-refractivity contribution in [3.8, 4) is 0 Å². The van der Waals surface area contributed by atoms with Gasteiger partial charge in [-0.15, -0.1) is 12.4 Å². The molecule has 4 heteroatoms. The van der Waals surface area contributed by atoms with Crippen molar-refractivity contribution in [3.63, 3.8) is 0 Å². The SMILES string of the molecule is Cl.N[SiH3].[Cl-].[H+]. The molecule has 0 saturated heterocycles. The van der Waals surface area contributed by atoms with Crippen LogP contribution in [-0.2, 0) is 0 Å². The first-order chi connectivity index (χ1) is 1.00. The normalized spacial score (nSPS) is 2.25. The van der Waals surface area contributed by atoms with Gasteiger partial charge in [0.2, 0.25) is 0 Å². The van der Waals surface area contributed by atoms with Crippen LogP contribution in [0.5, 0.6) is 0 Å². The van der Waals surface area contributed by atoms with Crippen LogP contribution in [-0.4, -0.2) is 10.4 Å². The minimum Gasteiger partial charge on any atom is -1.00 e. The van der Waals surface area contributed by atoms with Crippen molar-refractivity contribution in [1.82, 2.24) is 0 Å². The lowest BCUT2D eigenvalue weighted by molar-refractivity contribution is -0.000000671. The van der Waals surface area contributed by atoms with Gasteiger partial charge in [0.25, 0.3) is 0 Å². The van der Waals surface area contributed by atoms with Crippen LogP contribution < -0.4 is 17.8 Å². The van der Waals surface area contributed by atoms with Crippen molar-refractivity contribution in [3.05, 3.63) is 0 Å². The lowest BCUT2D eigenvalue weighted by Crippen LogP contribution is -3.00. The first kappa shape index (κ1) is 21.8. The van der Waals surface area contributed by atoms with Gasteiger partial charge in [-0.3, -0.25) is 0 Å². The quantitative estimate of drug-likeness (QED) is 0.322. The highest BCUT2D eigenvalue weighted by molar-refractivity contribution is 6.02. The standard InChI is InChI=1S/2ClH.H5NSi/c;;1-2/h2*1H;1H2,2H3. The Bertz CT molecular complexity index is 9.61. The van der Waals surface area contributed by atoms with Gasteiger partial charge in [0.15, 0.2) is 0 Å². The Morgan fingerprint density at radius 3 is 1.50 bits per heavy atom. The van der Waals surface area contributed by atoms with Crippen molar-refractivity contribution >= 4 is 22.8 Å². The van der Waals surface area contributed by atoms with E-state index in [4.69, 9.17) is 0 Å². The van der Waals surface area contributed by atoms with Gasteiger partial charge in [0.1, 0.15) is 0 Å². The Kier molecular flexibility index (Phi) is 271. The van der Waals surface area contributed by atoms with Gasteiger partial charge in [0.05, 0.1) is 10.4 Å². The molecule has 0 atom stereocenters. The molecule has 0 aromatic carbocycles. The van der Waals surface area contributed by atoms with Gasteiger partial charge in [-0.25, -0.2) is 0 Å². The van der Waals surface area contributed by atoms with E-state index in [2.05, 4.69) is 5.40 Å². The fraction of sp³-hybridized carbons (Fsp3) is 0. The molecule has 0 aromatic rings. The maximum Gasteiger partial charge on any atom is 1.00 e. The first-order valence-corrected chi connectivity index (χ1v) is 1.73. The molecule has 2 N–H and O–H groups in total. The molecule has 4 heavy (non-hydrogen) atoms. The molecular weight excluding hydrogens is 113 g/mol. The van der Waals surface area contributed by atoms with Gasteiger partial charge in [-0.2, -0.15) is 0 Å². The maximum absolute atomic E-state index is 4.64. The molecule has 1 nitrogen and oxygen atoms in total. The number of hydrogen-bond donors (Lipinski definition) is 1.